The van der Waals surface area contributed by atoms with Crippen molar-refractivity contribution in [1.29, 1.82) is 0 Å². The molecule has 9 heteroatoms. The molecule has 0 saturated heterocycles. The lowest BCUT2D eigenvalue weighted by Crippen LogP contribution is -2.16. The summed E-state index contributed by atoms with van der Waals surface area (Å²) >= 11 is 1.53. The van der Waals surface area contributed by atoms with E-state index in [4.69, 9.17) is 10.5 Å². The molecule has 3 heterocycles. The Bertz CT molecular complexity index is 1430. The van der Waals surface area contributed by atoms with E-state index in [1.54, 1.807) is 36.7 Å². The Hall–Kier alpha value is -4.24. The van der Waals surface area contributed by atoms with E-state index in [1.807, 2.05) is 41.9 Å². The van der Waals surface area contributed by atoms with Crippen LogP contribution < -0.4 is 15.8 Å². The molecule has 0 bridgehead atoms. The van der Waals surface area contributed by atoms with E-state index >= 15 is 0 Å². The van der Waals surface area contributed by atoms with Crippen molar-refractivity contribution in [2.75, 3.05) is 11.1 Å². The molecule has 0 atom stereocenters. The monoisotopic (exact) mass is 442 g/mol. The molecule has 5 aromatic rings. The fraction of sp³-hybridized carbons (Fsp3) is 0.0435. The Morgan fingerprint density at radius 2 is 1.91 bits per heavy atom. The van der Waals surface area contributed by atoms with Gasteiger partial charge in [-0.1, -0.05) is 30.3 Å². The molecule has 0 fully saturated rings. The number of nitrogen functional groups attached to an aromatic ring is 1. The van der Waals surface area contributed by atoms with Crippen LogP contribution in [0.1, 0.15) is 0 Å². The minimum absolute atomic E-state index is 0.448. The van der Waals surface area contributed by atoms with E-state index in [0.29, 0.717) is 17.3 Å². The third-order valence-corrected chi connectivity index (χ3v) is 5.92. The highest BCUT2D eigenvalue weighted by molar-refractivity contribution is 7.21. The lowest BCUT2D eigenvalue weighted by Gasteiger charge is -2.09. The Labute approximate surface area is 187 Å². The van der Waals surface area contributed by atoms with E-state index < -0.39 is 6.09 Å². The van der Waals surface area contributed by atoms with Gasteiger partial charge in [-0.15, -0.1) is 11.3 Å². The van der Waals surface area contributed by atoms with Crippen LogP contribution in [-0.4, -0.2) is 25.6 Å². The predicted molar refractivity (Wildman–Crippen MR) is 126 cm³/mol. The number of nitrogens with two attached hydrogens (primary N) is 1. The molecule has 0 aliphatic heterocycles. The molecular weight excluding hydrogens is 424 g/mol. The number of thiophene rings is 1. The molecule has 0 aliphatic rings. The largest absolute Gasteiger partial charge is 0.417 e. The van der Waals surface area contributed by atoms with E-state index in [-0.39, 0.29) is 0 Å². The highest BCUT2D eigenvalue weighted by Gasteiger charge is 2.18. The molecule has 32 heavy (non-hydrogen) atoms. The third kappa shape index (κ3) is 3.77. The normalized spacial score (nSPS) is 10.9. The van der Waals surface area contributed by atoms with Gasteiger partial charge >= 0.3 is 6.09 Å². The second-order valence-electron chi connectivity index (χ2n) is 7.05. The van der Waals surface area contributed by atoms with Crippen molar-refractivity contribution >= 4 is 39.2 Å². The van der Waals surface area contributed by atoms with Crippen molar-refractivity contribution in [2.45, 2.75) is 0 Å². The van der Waals surface area contributed by atoms with Crippen molar-refractivity contribution in [3.05, 3.63) is 73.3 Å². The summed E-state index contributed by atoms with van der Waals surface area (Å²) in [6, 6.07) is 18.4. The SMILES string of the molecule is Cn1cnc(-c2cccc(NC(=O)Oc3ccccc3)c2)c1-c1cc2c(N)ncnc2s1. The number of rotatable bonds is 4. The fourth-order valence-corrected chi connectivity index (χ4v) is 4.50. The maximum Gasteiger partial charge on any atom is 0.417 e. The Morgan fingerprint density at radius 3 is 2.72 bits per heavy atom. The summed E-state index contributed by atoms with van der Waals surface area (Å²) in [6.07, 6.45) is 2.66. The van der Waals surface area contributed by atoms with Crippen molar-refractivity contribution in [3.8, 4) is 27.6 Å². The Balaban J connectivity index is 1.46. The maximum absolute atomic E-state index is 12.3. The first kappa shape index (κ1) is 19.7. The molecule has 1 amide bonds. The molecule has 3 N–H and O–H groups in total. The molecule has 0 radical (unpaired) electrons. The van der Waals surface area contributed by atoms with Crippen LogP contribution in [0.2, 0.25) is 0 Å². The molecule has 8 nitrogen and oxygen atoms in total. The minimum Gasteiger partial charge on any atom is -0.410 e. The number of carbonyl (C=O) groups is 1. The van der Waals surface area contributed by atoms with E-state index in [9.17, 15) is 4.79 Å². The number of imidazole rings is 1. The number of hydrogen-bond acceptors (Lipinski definition) is 7. The maximum atomic E-state index is 12.3. The molecule has 0 saturated carbocycles. The molecule has 158 valence electrons. The summed E-state index contributed by atoms with van der Waals surface area (Å²) in [6.45, 7) is 0. The van der Waals surface area contributed by atoms with Gasteiger partial charge in [-0.05, 0) is 30.3 Å². The van der Waals surface area contributed by atoms with Crippen LogP contribution in [0.15, 0.2) is 73.3 Å². The molecule has 0 spiro atoms. The van der Waals surface area contributed by atoms with E-state index in [0.717, 1.165) is 32.0 Å². The standard InChI is InChI=1S/C23H18N6O2S/c1-29-13-27-19(20(29)18-11-17-21(24)25-12-26-22(17)32-18)14-6-5-7-15(10-14)28-23(30)31-16-8-3-2-4-9-16/h2-13H,1H3,(H,28,30)(H2,24,25,26). The van der Waals surface area contributed by atoms with Crippen molar-refractivity contribution < 1.29 is 9.53 Å². The molecule has 0 aliphatic carbocycles. The second-order valence-corrected chi connectivity index (χ2v) is 8.08. The van der Waals surface area contributed by atoms with Crippen LogP contribution >= 0.6 is 11.3 Å². The number of benzene rings is 2. The van der Waals surface area contributed by atoms with Crippen LogP contribution in [0.4, 0.5) is 16.3 Å². The first-order valence-electron chi connectivity index (χ1n) is 9.74. The van der Waals surface area contributed by atoms with Gasteiger partial charge in [-0.3, -0.25) is 5.32 Å². The zero-order valence-corrected chi connectivity index (χ0v) is 17.8. The van der Waals surface area contributed by atoms with Crippen molar-refractivity contribution in [2.24, 2.45) is 7.05 Å². The number of aryl methyl sites for hydroxylation is 1. The number of hydrogen-bond donors (Lipinski definition) is 2. The molecule has 0 unspecified atom stereocenters. The van der Waals surface area contributed by atoms with Gasteiger partial charge < -0.3 is 15.0 Å². The van der Waals surface area contributed by atoms with Gasteiger partial charge in [0.05, 0.1) is 28.0 Å². The summed E-state index contributed by atoms with van der Waals surface area (Å²) in [4.78, 5) is 27.1. The quantitative estimate of drug-likeness (QED) is 0.408. The number of aromatic nitrogens is 4. The number of nitrogens with zero attached hydrogens (tertiary/aromatic N) is 4. The van der Waals surface area contributed by atoms with E-state index in [2.05, 4.69) is 20.3 Å². The lowest BCUT2D eigenvalue weighted by atomic mass is 10.1. The number of amides is 1. The number of ether oxygens (including phenoxy) is 1. The number of carbonyl (C=O) groups excluding carboxylic acids is 1. The summed E-state index contributed by atoms with van der Waals surface area (Å²) < 4.78 is 7.26. The van der Waals surface area contributed by atoms with Gasteiger partial charge in [0, 0.05) is 18.3 Å². The molecule has 5 rings (SSSR count). The fourth-order valence-electron chi connectivity index (χ4n) is 3.41. The smallest absolute Gasteiger partial charge is 0.410 e. The summed E-state index contributed by atoms with van der Waals surface area (Å²) in [5, 5.41) is 3.59. The van der Waals surface area contributed by atoms with Crippen LogP contribution in [0.3, 0.4) is 0 Å². The number of nitrogens with one attached hydrogen (secondary N) is 1. The molecular formula is C23H18N6O2S. The highest BCUT2D eigenvalue weighted by atomic mass is 32.1. The number of para-hydroxylation sites is 1. The van der Waals surface area contributed by atoms with Gasteiger partial charge in [0.15, 0.2) is 0 Å². The Morgan fingerprint density at radius 1 is 1.06 bits per heavy atom. The summed E-state index contributed by atoms with van der Waals surface area (Å²) in [7, 11) is 1.94. The molecule has 2 aromatic carbocycles. The Kier molecular flexibility index (Phi) is 5.00. The zero-order chi connectivity index (χ0) is 22.1. The zero-order valence-electron chi connectivity index (χ0n) is 17.0. The van der Waals surface area contributed by atoms with Gasteiger partial charge in [0.25, 0.3) is 0 Å². The average molecular weight is 443 g/mol. The molecule has 3 aromatic heterocycles. The van der Waals surface area contributed by atoms with Crippen LogP contribution in [0, 0.1) is 0 Å². The van der Waals surface area contributed by atoms with Crippen LogP contribution in [0.25, 0.3) is 32.0 Å². The first-order valence-corrected chi connectivity index (χ1v) is 10.6. The first-order chi connectivity index (χ1) is 15.6. The van der Waals surface area contributed by atoms with Gasteiger partial charge in [0.1, 0.15) is 22.7 Å². The van der Waals surface area contributed by atoms with Gasteiger partial charge in [-0.25, -0.2) is 19.7 Å². The van der Waals surface area contributed by atoms with Crippen molar-refractivity contribution in [3.63, 3.8) is 0 Å². The number of fused-ring (bicyclic) bond motifs is 1. The topological polar surface area (TPSA) is 108 Å². The lowest BCUT2D eigenvalue weighted by molar-refractivity contribution is 0.215. The summed E-state index contributed by atoms with van der Waals surface area (Å²) in [5.41, 5.74) is 9.18. The second kappa shape index (κ2) is 8.12. The average Bonchev–Trinajstić information content (AvgIpc) is 3.38. The van der Waals surface area contributed by atoms with Crippen molar-refractivity contribution in [1.82, 2.24) is 19.5 Å². The minimum atomic E-state index is -0.562. The van der Waals surface area contributed by atoms with E-state index in [1.165, 1.54) is 17.7 Å². The summed E-state index contributed by atoms with van der Waals surface area (Å²) in [5.74, 6) is 0.921. The highest BCUT2D eigenvalue weighted by Crippen LogP contribution is 2.39. The predicted octanol–water partition coefficient (Wildman–Crippen LogP) is 4.95. The third-order valence-electron chi connectivity index (χ3n) is 4.87. The van der Waals surface area contributed by atoms with Gasteiger partial charge in [0.2, 0.25) is 0 Å². The van der Waals surface area contributed by atoms with Crippen LogP contribution in [0.5, 0.6) is 5.75 Å². The van der Waals surface area contributed by atoms with Crippen LogP contribution in [-0.2, 0) is 7.05 Å². The number of anilines is 2. The van der Waals surface area contributed by atoms with Gasteiger partial charge in [-0.2, -0.15) is 0 Å².